The molecule has 0 aliphatic carbocycles. The highest BCUT2D eigenvalue weighted by molar-refractivity contribution is 5.92. The normalized spacial score (nSPS) is 12.5. The summed E-state index contributed by atoms with van der Waals surface area (Å²) < 4.78 is 5.44. The maximum Gasteiger partial charge on any atom is 0.328 e. The largest absolute Gasteiger partial charge is 0.481 e. The second-order valence-electron chi connectivity index (χ2n) is 6.01. The number of hydrogen-bond donors (Lipinski definition) is 3. The average molecular weight is 333 g/mol. The fraction of sp³-hybridized carbons (Fsp3) is 0.412. The van der Waals surface area contributed by atoms with Crippen LogP contribution in [0.2, 0.25) is 0 Å². The Morgan fingerprint density at radius 2 is 2.12 bits per heavy atom. The summed E-state index contributed by atoms with van der Waals surface area (Å²) in [6.07, 6.45) is 2.60. The highest BCUT2D eigenvalue weighted by Gasteiger charge is 2.19. The molecule has 4 N–H and O–H groups in total. The first-order chi connectivity index (χ1) is 11.4. The number of carbonyl (C=O) groups excluding carboxylic acids is 1. The SMILES string of the molecule is CN(C)CCc1c[nH]c2cccc(OC(=O)C(N)CCC(=O)O)c12. The van der Waals surface area contributed by atoms with Gasteiger partial charge in [-0.15, -0.1) is 0 Å². The molecule has 0 saturated heterocycles. The highest BCUT2D eigenvalue weighted by atomic mass is 16.5. The van der Waals surface area contributed by atoms with Gasteiger partial charge in [-0.3, -0.25) is 4.79 Å². The van der Waals surface area contributed by atoms with Crippen LogP contribution in [0.25, 0.3) is 10.9 Å². The van der Waals surface area contributed by atoms with Crippen molar-refractivity contribution in [2.45, 2.75) is 25.3 Å². The zero-order chi connectivity index (χ0) is 17.7. The Bertz CT molecular complexity index is 724. The van der Waals surface area contributed by atoms with Crippen molar-refractivity contribution in [1.82, 2.24) is 9.88 Å². The number of nitrogens with one attached hydrogen (secondary N) is 1. The lowest BCUT2D eigenvalue weighted by Crippen LogP contribution is -2.34. The predicted octanol–water partition coefficient (Wildman–Crippen LogP) is 1.37. The summed E-state index contributed by atoms with van der Waals surface area (Å²) in [6, 6.07) is 4.47. The van der Waals surface area contributed by atoms with Crippen molar-refractivity contribution in [2.24, 2.45) is 5.73 Å². The second-order valence-corrected chi connectivity index (χ2v) is 6.01. The zero-order valence-corrected chi connectivity index (χ0v) is 13.9. The fourth-order valence-electron chi connectivity index (χ4n) is 2.43. The quantitative estimate of drug-likeness (QED) is 0.497. The standard InChI is InChI=1S/C17H23N3O4/c1-20(2)9-8-11-10-19-13-4-3-5-14(16(11)13)24-17(23)12(18)6-7-15(21)22/h3-5,10,12,19H,6-9,18H2,1-2H3,(H,21,22). The molecule has 0 aliphatic heterocycles. The zero-order valence-electron chi connectivity index (χ0n) is 13.9. The monoisotopic (exact) mass is 333 g/mol. The van der Waals surface area contributed by atoms with E-state index in [-0.39, 0.29) is 12.8 Å². The van der Waals surface area contributed by atoms with E-state index in [1.165, 1.54) is 0 Å². The molecular weight excluding hydrogens is 310 g/mol. The molecule has 0 spiro atoms. The molecular formula is C17H23N3O4. The number of aliphatic carboxylic acids is 1. The summed E-state index contributed by atoms with van der Waals surface area (Å²) in [7, 11) is 3.99. The number of rotatable bonds is 8. The number of aromatic nitrogens is 1. The van der Waals surface area contributed by atoms with Crippen molar-refractivity contribution < 1.29 is 19.4 Å². The Morgan fingerprint density at radius 3 is 2.79 bits per heavy atom. The number of aromatic amines is 1. The van der Waals surface area contributed by atoms with Crippen LogP contribution in [-0.4, -0.2) is 53.6 Å². The summed E-state index contributed by atoms with van der Waals surface area (Å²) in [5.74, 6) is -1.17. The van der Waals surface area contributed by atoms with Gasteiger partial charge in [0.05, 0.1) is 0 Å². The van der Waals surface area contributed by atoms with Crippen LogP contribution in [-0.2, 0) is 16.0 Å². The molecule has 130 valence electrons. The van der Waals surface area contributed by atoms with Crippen LogP contribution in [0.4, 0.5) is 0 Å². The molecule has 1 atom stereocenters. The third-order valence-corrected chi connectivity index (χ3v) is 3.76. The number of carboxylic acids is 1. The van der Waals surface area contributed by atoms with Gasteiger partial charge in [-0.1, -0.05) is 6.07 Å². The van der Waals surface area contributed by atoms with Gasteiger partial charge in [-0.2, -0.15) is 0 Å². The third-order valence-electron chi connectivity index (χ3n) is 3.76. The molecule has 0 aliphatic rings. The van der Waals surface area contributed by atoms with E-state index in [0.29, 0.717) is 5.75 Å². The van der Waals surface area contributed by atoms with Crippen LogP contribution in [0.3, 0.4) is 0 Å². The molecule has 7 heteroatoms. The average Bonchev–Trinajstić information content (AvgIpc) is 2.94. The summed E-state index contributed by atoms with van der Waals surface area (Å²) in [5, 5.41) is 9.53. The molecule has 2 rings (SSSR count). The van der Waals surface area contributed by atoms with Gasteiger partial charge in [-0.05, 0) is 44.6 Å². The van der Waals surface area contributed by atoms with Crippen LogP contribution < -0.4 is 10.5 Å². The van der Waals surface area contributed by atoms with Gasteiger partial charge in [0, 0.05) is 30.1 Å². The van der Waals surface area contributed by atoms with Gasteiger partial charge in [0.25, 0.3) is 0 Å². The maximum absolute atomic E-state index is 12.1. The van der Waals surface area contributed by atoms with Crippen LogP contribution in [0.5, 0.6) is 5.75 Å². The molecule has 0 fully saturated rings. The Balaban J connectivity index is 2.17. The molecule has 0 saturated carbocycles. The Kier molecular flexibility index (Phi) is 5.94. The molecule has 0 radical (unpaired) electrons. The van der Waals surface area contributed by atoms with Gasteiger partial charge in [0.2, 0.25) is 0 Å². The molecule has 2 aromatic rings. The second kappa shape index (κ2) is 7.94. The van der Waals surface area contributed by atoms with E-state index in [4.69, 9.17) is 15.6 Å². The number of benzene rings is 1. The summed E-state index contributed by atoms with van der Waals surface area (Å²) in [5.41, 5.74) is 7.66. The number of ether oxygens (including phenoxy) is 1. The van der Waals surface area contributed by atoms with E-state index in [9.17, 15) is 9.59 Å². The number of esters is 1. The number of likely N-dealkylation sites (N-methyl/N-ethyl adjacent to an activating group) is 1. The first-order valence-corrected chi connectivity index (χ1v) is 7.81. The van der Waals surface area contributed by atoms with Crippen molar-refractivity contribution in [2.75, 3.05) is 20.6 Å². The third kappa shape index (κ3) is 4.56. The molecule has 1 aromatic heterocycles. The smallest absolute Gasteiger partial charge is 0.328 e. The van der Waals surface area contributed by atoms with E-state index in [1.807, 2.05) is 26.4 Å². The Hall–Kier alpha value is -2.38. The van der Waals surface area contributed by atoms with E-state index in [2.05, 4.69) is 9.88 Å². The summed E-state index contributed by atoms with van der Waals surface area (Å²) in [6.45, 7) is 0.868. The Morgan fingerprint density at radius 1 is 1.38 bits per heavy atom. The van der Waals surface area contributed by atoms with Crippen molar-refractivity contribution in [3.63, 3.8) is 0 Å². The summed E-state index contributed by atoms with van der Waals surface area (Å²) >= 11 is 0. The first-order valence-electron chi connectivity index (χ1n) is 7.81. The topological polar surface area (TPSA) is 109 Å². The molecule has 0 amide bonds. The molecule has 0 bridgehead atoms. The Labute approximate surface area is 140 Å². The minimum atomic E-state index is -0.989. The van der Waals surface area contributed by atoms with Crippen molar-refractivity contribution >= 4 is 22.8 Å². The lowest BCUT2D eigenvalue weighted by atomic mass is 10.1. The minimum Gasteiger partial charge on any atom is -0.481 e. The number of fused-ring (bicyclic) bond motifs is 1. The van der Waals surface area contributed by atoms with E-state index >= 15 is 0 Å². The number of carboxylic acid groups (broad SMARTS) is 1. The van der Waals surface area contributed by atoms with E-state index in [1.54, 1.807) is 12.1 Å². The molecule has 1 aromatic carbocycles. The van der Waals surface area contributed by atoms with Gasteiger partial charge >= 0.3 is 11.9 Å². The maximum atomic E-state index is 12.1. The van der Waals surface area contributed by atoms with Crippen LogP contribution in [0, 0.1) is 0 Å². The molecule has 1 heterocycles. The predicted molar refractivity (Wildman–Crippen MR) is 91.0 cm³/mol. The first kappa shape index (κ1) is 18.0. The molecule has 24 heavy (non-hydrogen) atoms. The van der Waals surface area contributed by atoms with Crippen molar-refractivity contribution in [1.29, 1.82) is 0 Å². The van der Waals surface area contributed by atoms with Gasteiger partial charge in [0.1, 0.15) is 11.8 Å². The van der Waals surface area contributed by atoms with Crippen molar-refractivity contribution in [3.8, 4) is 5.75 Å². The van der Waals surface area contributed by atoms with Gasteiger partial charge in [0.15, 0.2) is 0 Å². The van der Waals surface area contributed by atoms with E-state index < -0.39 is 18.0 Å². The highest BCUT2D eigenvalue weighted by Crippen LogP contribution is 2.29. The van der Waals surface area contributed by atoms with Crippen molar-refractivity contribution in [3.05, 3.63) is 30.0 Å². The minimum absolute atomic E-state index is 0.0464. The fourth-order valence-corrected chi connectivity index (χ4v) is 2.43. The number of carbonyl (C=O) groups is 2. The molecule has 7 nitrogen and oxygen atoms in total. The number of nitrogens with two attached hydrogens (primary N) is 1. The van der Waals surface area contributed by atoms with Crippen LogP contribution >= 0.6 is 0 Å². The van der Waals surface area contributed by atoms with Crippen LogP contribution in [0.15, 0.2) is 24.4 Å². The van der Waals surface area contributed by atoms with Crippen LogP contribution in [0.1, 0.15) is 18.4 Å². The van der Waals surface area contributed by atoms with Gasteiger partial charge in [-0.25, -0.2) is 4.79 Å². The lowest BCUT2D eigenvalue weighted by Gasteiger charge is -2.12. The molecule has 1 unspecified atom stereocenters. The van der Waals surface area contributed by atoms with E-state index in [0.717, 1.165) is 29.4 Å². The summed E-state index contributed by atoms with van der Waals surface area (Å²) in [4.78, 5) is 27.9. The number of nitrogens with zero attached hydrogens (tertiary/aromatic N) is 1. The lowest BCUT2D eigenvalue weighted by molar-refractivity contribution is -0.138. The van der Waals surface area contributed by atoms with Gasteiger partial charge < -0.3 is 25.5 Å². The number of hydrogen-bond acceptors (Lipinski definition) is 5. The number of H-pyrrole nitrogens is 1.